The van der Waals surface area contributed by atoms with Crippen LogP contribution in [0.1, 0.15) is 5.56 Å². The fourth-order valence-corrected chi connectivity index (χ4v) is 2.21. The van der Waals surface area contributed by atoms with Crippen LogP contribution in [-0.2, 0) is 0 Å². The van der Waals surface area contributed by atoms with Crippen molar-refractivity contribution in [2.45, 2.75) is 0 Å². The van der Waals surface area contributed by atoms with E-state index in [0.717, 1.165) is 0 Å². The van der Waals surface area contributed by atoms with Crippen LogP contribution >= 0.6 is 12.2 Å². The third-order valence-electron chi connectivity index (χ3n) is 3.16. The largest absolute Gasteiger partial charge is 0.270 e. The summed E-state index contributed by atoms with van der Waals surface area (Å²) in [6, 6.07) is 11.8. The highest BCUT2D eigenvalue weighted by molar-refractivity contribution is 7.71. The average molecular weight is 343 g/mol. The van der Waals surface area contributed by atoms with E-state index >= 15 is 0 Å². The highest BCUT2D eigenvalue weighted by Crippen LogP contribution is 2.18. The molecule has 0 fully saturated rings. The number of rotatable bonds is 4. The molecule has 0 saturated carbocycles. The Labute approximate surface area is 140 Å². The number of non-ortho nitro benzene ring substituents is 1. The van der Waals surface area contributed by atoms with Crippen molar-refractivity contribution < 1.29 is 9.31 Å². The maximum Gasteiger partial charge on any atom is 0.270 e. The van der Waals surface area contributed by atoms with Crippen molar-refractivity contribution >= 4 is 24.1 Å². The van der Waals surface area contributed by atoms with Gasteiger partial charge in [-0.1, -0.05) is 12.1 Å². The number of nitro benzene ring substituents is 1. The molecule has 0 aliphatic rings. The van der Waals surface area contributed by atoms with Gasteiger partial charge in [0, 0.05) is 23.3 Å². The van der Waals surface area contributed by atoms with Crippen molar-refractivity contribution in [2.75, 3.05) is 0 Å². The topological polar surface area (TPSA) is 89.1 Å². The van der Waals surface area contributed by atoms with Crippen LogP contribution in [0.3, 0.4) is 0 Å². The van der Waals surface area contributed by atoms with Gasteiger partial charge in [0.25, 0.3) is 5.69 Å². The fraction of sp³-hybridized carbons (Fsp3) is 0. The highest BCUT2D eigenvalue weighted by Gasteiger charge is 2.09. The van der Waals surface area contributed by atoms with Crippen LogP contribution in [0, 0.1) is 20.7 Å². The minimum absolute atomic E-state index is 0.0338. The molecule has 24 heavy (non-hydrogen) atoms. The van der Waals surface area contributed by atoms with Crippen molar-refractivity contribution in [3.05, 3.63) is 74.8 Å². The van der Waals surface area contributed by atoms with Gasteiger partial charge in [-0.05, 0) is 36.5 Å². The molecule has 0 aliphatic heterocycles. The maximum absolute atomic E-state index is 13.0. The van der Waals surface area contributed by atoms with E-state index in [1.165, 1.54) is 35.2 Å². The standard InChI is InChI=1S/C15H10FN5O2S/c16-12-6-4-11(5-7-12)14-18-19-15(24)20(14)17-9-10-2-1-3-13(8-10)21(22)23/h1-9H,(H,19,24)/b17-9+. The van der Waals surface area contributed by atoms with Crippen molar-refractivity contribution in [1.82, 2.24) is 14.9 Å². The second-order valence-corrected chi connectivity index (χ2v) is 5.15. The van der Waals surface area contributed by atoms with E-state index in [0.29, 0.717) is 17.0 Å². The van der Waals surface area contributed by atoms with Gasteiger partial charge < -0.3 is 0 Å². The smallest absolute Gasteiger partial charge is 0.258 e. The predicted molar refractivity (Wildman–Crippen MR) is 88.9 cm³/mol. The SMILES string of the molecule is O=[N+]([O-])c1cccc(/C=N/n2c(-c3ccc(F)cc3)n[nH]c2=S)c1. The third kappa shape index (κ3) is 3.25. The number of halogens is 1. The Hall–Kier alpha value is -3.20. The summed E-state index contributed by atoms with van der Waals surface area (Å²) in [5.74, 6) is 0.0428. The third-order valence-corrected chi connectivity index (χ3v) is 3.42. The van der Waals surface area contributed by atoms with Crippen LogP contribution in [-0.4, -0.2) is 26.0 Å². The van der Waals surface area contributed by atoms with Gasteiger partial charge in [-0.15, -0.1) is 0 Å². The normalized spacial score (nSPS) is 11.0. The maximum atomic E-state index is 13.0. The van der Waals surface area contributed by atoms with Gasteiger partial charge in [0.15, 0.2) is 5.82 Å². The van der Waals surface area contributed by atoms with Gasteiger partial charge >= 0.3 is 0 Å². The van der Waals surface area contributed by atoms with Gasteiger partial charge in [0.2, 0.25) is 4.77 Å². The molecule has 0 aliphatic carbocycles. The van der Waals surface area contributed by atoms with Crippen LogP contribution in [0.15, 0.2) is 53.6 Å². The Morgan fingerprint density at radius 2 is 2.04 bits per heavy atom. The summed E-state index contributed by atoms with van der Waals surface area (Å²) in [4.78, 5) is 10.3. The zero-order valence-corrected chi connectivity index (χ0v) is 12.9. The fourth-order valence-electron chi connectivity index (χ4n) is 2.03. The Bertz CT molecular complexity index is 978. The number of nitrogens with one attached hydrogen (secondary N) is 1. The summed E-state index contributed by atoms with van der Waals surface area (Å²) < 4.78 is 14.6. The molecule has 120 valence electrons. The van der Waals surface area contributed by atoms with E-state index in [1.807, 2.05) is 0 Å². The number of aromatic nitrogens is 3. The first-order valence-electron chi connectivity index (χ1n) is 6.77. The zero-order valence-electron chi connectivity index (χ0n) is 12.1. The summed E-state index contributed by atoms with van der Waals surface area (Å²) in [6.45, 7) is 0. The first-order chi connectivity index (χ1) is 11.5. The molecule has 0 amide bonds. The summed E-state index contributed by atoms with van der Waals surface area (Å²) in [5.41, 5.74) is 1.13. The van der Waals surface area contributed by atoms with E-state index in [-0.39, 0.29) is 16.3 Å². The van der Waals surface area contributed by atoms with Crippen molar-refractivity contribution in [1.29, 1.82) is 0 Å². The van der Waals surface area contributed by atoms with Gasteiger partial charge in [-0.2, -0.15) is 14.9 Å². The number of nitro groups is 1. The molecule has 1 N–H and O–H groups in total. The minimum Gasteiger partial charge on any atom is -0.258 e. The molecule has 0 saturated heterocycles. The predicted octanol–water partition coefficient (Wildman–Crippen LogP) is 3.54. The molecule has 0 atom stereocenters. The molecule has 0 radical (unpaired) electrons. The van der Waals surface area contributed by atoms with Crippen molar-refractivity contribution in [2.24, 2.45) is 5.10 Å². The van der Waals surface area contributed by atoms with Crippen LogP contribution in [0.25, 0.3) is 11.4 Å². The lowest BCUT2D eigenvalue weighted by atomic mass is 10.2. The summed E-state index contributed by atoms with van der Waals surface area (Å²) in [5, 5.41) is 21.7. The Morgan fingerprint density at radius 3 is 2.75 bits per heavy atom. The molecule has 3 rings (SSSR count). The van der Waals surface area contributed by atoms with Crippen molar-refractivity contribution in [3.8, 4) is 11.4 Å². The van der Waals surface area contributed by atoms with Gasteiger partial charge in [-0.25, -0.2) is 9.49 Å². The van der Waals surface area contributed by atoms with Gasteiger partial charge in [-0.3, -0.25) is 10.1 Å². The van der Waals surface area contributed by atoms with E-state index in [4.69, 9.17) is 12.2 Å². The highest BCUT2D eigenvalue weighted by atomic mass is 32.1. The summed E-state index contributed by atoms with van der Waals surface area (Å²) in [6.07, 6.45) is 1.44. The lowest BCUT2D eigenvalue weighted by Crippen LogP contribution is -1.96. The van der Waals surface area contributed by atoms with E-state index < -0.39 is 4.92 Å². The summed E-state index contributed by atoms with van der Waals surface area (Å²) >= 11 is 5.13. The minimum atomic E-state index is -0.481. The number of hydrogen-bond donors (Lipinski definition) is 1. The average Bonchev–Trinajstić information content (AvgIpc) is 2.95. The quantitative estimate of drug-likeness (QED) is 0.340. The van der Waals surface area contributed by atoms with E-state index in [2.05, 4.69) is 15.3 Å². The molecule has 2 aromatic carbocycles. The van der Waals surface area contributed by atoms with Crippen LogP contribution in [0.5, 0.6) is 0 Å². The molecular formula is C15H10FN5O2S. The molecule has 0 spiro atoms. The van der Waals surface area contributed by atoms with Gasteiger partial charge in [0.1, 0.15) is 5.82 Å². The Kier molecular flexibility index (Phi) is 4.25. The number of hydrogen-bond acceptors (Lipinski definition) is 5. The van der Waals surface area contributed by atoms with Crippen LogP contribution in [0.4, 0.5) is 10.1 Å². The van der Waals surface area contributed by atoms with Crippen molar-refractivity contribution in [3.63, 3.8) is 0 Å². The second kappa shape index (κ2) is 6.50. The van der Waals surface area contributed by atoms with Crippen LogP contribution in [0.2, 0.25) is 0 Å². The molecular weight excluding hydrogens is 333 g/mol. The van der Waals surface area contributed by atoms with Gasteiger partial charge in [0.05, 0.1) is 11.1 Å². The molecule has 7 nitrogen and oxygen atoms in total. The monoisotopic (exact) mass is 343 g/mol. The van der Waals surface area contributed by atoms with E-state index in [1.54, 1.807) is 24.3 Å². The zero-order chi connectivity index (χ0) is 17.1. The lowest BCUT2D eigenvalue weighted by molar-refractivity contribution is -0.384. The summed E-state index contributed by atoms with van der Waals surface area (Å²) in [7, 11) is 0. The first-order valence-corrected chi connectivity index (χ1v) is 7.17. The first kappa shape index (κ1) is 15.7. The lowest BCUT2D eigenvalue weighted by Gasteiger charge is -2.01. The Balaban J connectivity index is 1.97. The van der Waals surface area contributed by atoms with E-state index in [9.17, 15) is 14.5 Å². The number of H-pyrrole nitrogens is 1. The molecule has 0 bridgehead atoms. The number of aromatic amines is 1. The molecule has 1 aromatic heterocycles. The molecule has 0 unspecified atom stereocenters. The molecule has 1 heterocycles. The number of nitrogens with zero attached hydrogens (tertiary/aromatic N) is 4. The molecule has 9 heteroatoms. The Morgan fingerprint density at radius 1 is 1.29 bits per heavy atom. The molecule has 3 aromatic rings. The second-order valence-electron chi connectivity index (χ2n) is 4.77. The van der Waals surface area contributed by atoms with Crippen LogP contribution < -0.4 is 0 Å². The number of benzene rings is 2.